The van der Waals surface area contributed by atoms with Gasteiger partial charge in [0, 0.05) is 0 Å². The number of halogens is 1. The molecule has 1 aromatic carbocycles. The van der Waals surface area contributed by atoms with Crippen molar-refractivity contribution in [2.24, 2.45) is 5.92 Å². The monoisotopic (exact) mass is 210 g/mol. The van der Waals surface area contributed by atoms with Crippen molar-refractivity contribution >= 4 is 0 Å². The minimum Gasteiger partial charge on any atom is -0.385 e. The first-order chi connectivity index (χ1) is 6.83. The third-order valence-corrected chi connectivity index (χ3v) is 2.59. The van der Waals surface area contributed by atoms with Gasteiger partial charge in [0.05, 0.1) is 5.60 Å². The maximum absolute atomic E-state index is 13.1. The summed E-state index contributed by atoms with van der Waals surface area (Å²) in [6.45, 7) is 7.73. The molecule has 0 radical (unpaired) electrons. The molecule has 84 valence electrons. The normalized spacial score (nSPS) is 15.4. The fourth-order valence-corrected chi connectivity index (χ4v) is 2.08. The van der Waals surface area contributed by atoms with Crippen molar-refractivity contribution in [2.45, 2.75) is 39.7 Å². The van der Waals surface area contributed by atoms with Crippen LogP contribution in [-0.4, -0.2) is 5.11 Å². The molecule has 0 saturated heterocycles. The topological polar surface area (TPSA) is 20.2 Å². The van der Waals surface area contributed by atoms with Crippen LogP contribution in [0.4, 0.5) is 4.39 Å². The first kappa shape index (κ1) is 12.2. The summed E-state index contributed by atoms with van der Waals surface area (Å²) >= 11 is 0. The summed E-state index contributed by atoms with van der Waals surface area (Å²) in [6, 6.07) is 4.56. The molecule has 1 aromatic rings. The van der Waals surface area contributed by atoms with Gasteiger partial charge in [-0.05, 0) is 49.4 Å². The van der Waals surface area contributed by atoms with Crippen LogP contribution in [0.15, 0.2) is 18.2 Å². The van der Waals surface area contributed by atoms with Crippen LogP contribution in [0.3, 0.4) is 0 Å². The summed E-state index contributed by atoms with van der Waals surface area (Å²) in [4.78, 5) is 0. The first-order valence-electron chi connectivity index (χ1n) is 5.32. The van der Waals surface area contributed by atoms with Crippen molar-refractivity contribution in [3.05, 3.63) is 35.1 Å². The van der Waals surface area contributed by atoms with E-state index in [1.165, 1.54) is 12.1 Å². The van der Waals surface area contributed by atoms with E-state index in [1.807, 2.05) is 20.8 Å². The fourth-order valence-electron chi connectivity index (χ4n) is 2.08. The average Bonchev–Trinajstić information content (AvgIpc) is 2.06. The van der Waals surface area contributed by atoms with Crippen LogP contribution in [0.2, 0.25) is 0 Å². The predicted molar refractivity (Wildman–Crippen MR) is 60.2 cm³/mol. The third kappa shape index (κ3) is 3.03. The lowest BCUT2D eigenvalue weighted by atomic mass is 9.85. The number of aliphatic hydroxyl groups is 1. The molecule has 1 unspecified atom stereocenters. The van der Waals surface area contributed by atoms with E-state index in [0.717, 1.165) is 5.56 Å². The first-order valence-corrected chi connectivity index (χ1v) is 5.32. The highest BCUT2D eigenvalue weighted by atomic mass is 19.1. The molecule has 0 heterocycles. The smallest absolute Gasteiger partial charge is 0.123 e. The molecule has 0 spiro atoms. The Morgan fingerprint density at radius 1 is 1.40 bits per heavy atom. The van der Waals surface area contributed by atoms with Crippen LogP contribution >= 0.6 is 0 Å². The van der Waals surface area contributed by atoms with Gasteiger partial charge < -0.3 is 5.11 Å². The van der Waals surface area contributed by atoms with Crippen LogP contribution in [0.25, 0.3) is 0 Å². The number of benzene rings is 1. The number of hydrogen-bond donors (Lipinski definition) is 1. The molecule has 0 aliphatic carbocycles. The van der Waals surface area contributed by atoms with Crippen LogP contribution in [0, 0.1) is 18.7 Å². The van der Waals surface area contributed by atoms with E-state index in [9.17, 15) is 9.50 Å². The quantitative estimate of drug-likeness (QED) is 0.810. The Kier molecular flexibility index (Phi) is 3.50. The van der Waals surface area contributed by atoms with Gasteiger partial charge >= 0.3 is 0 Å². The molecule has 1 nitrogen and oxygen atoms in total. The highest BCUT2D eigenvalue weighted by Gasteiger charge is 2.26. The van der Waals surface area contributed by atoms with E-state index in [4.69, 9.17) is 0 Å². The molecule has 0 saturated carbocycles. The minimum absolute atomic E-state index is 0.292. The lowest BCUT2D eigenvalue weighted by Gasteiger charge is -2.27. The molecule has 0 aliphatic heterocycles. The fraction of sp³-hybridized carbons (Fsp3) is 0.538. The van der Waals surface area contributed by atoms with Gasteiger partial charge in [-0.15, -0.1) is 0 Å². The molecule has 2 heteroatoms. The molecular formula is C13H19FO. The Hall–Kier alpha value is -0.890. The number of aryl methyl sites for hydroxylation is 1. The van der Waals surface area contributed by atoms with Crippen molar-refractivity contribution in [3.63, 3.8) is 0 Å². The zero-order valence-corrected chi connectivity index (χ0v) is 9.84. The van der Waals surface area contributed by atoms with E-state index in [2.05, 4.69) is 0 Å². The molecule has 0 aliphatic rings. The molecule has 1 N–H and O–H groups in total. The second kappa shape index (κ2) is 4.31. The van der Waals surface area contributed by atoms with Gasteiger partial charge in [-0.2, -0.15) is 0 Å². The second-order valence-electron chi connectivity index (χ2n) is 4.83. The van der Waals surface area contributed by atoms with Gasteiger partial charge in [0.1, 0.15) is 5.82 Å². The van der Waals surface area contributed by atoms with E-state index in [0.29, 0.717) is 17.9 Å². The van der Waals surface area contributed by atoms with Crippen molar-refractivity contribution in [1.29, 1.82) is 0 Å². The molecule has 0 bridgehead atoms. The molecular weight excluding hydrogens is 191 g/mol. The summed E-state index contributed by atoms with van der Waals surface area (Å²) in [6.07, 6.45) is 0.636. The summed E-state index contributed by atoms with van der Waals surface area (Å²) in [5.41, 5.74) is 0.679. The Morgan fingerprint density at radius 2 is 2.00 bits per heavy atom. The number of hydrogen-bond acceptors (Lipinski definition) is 1. The Morgan fingerprint density at radius 3 is 2.53 bits per heavy atom. The second-order valence-corrected chi connectivity index (χ2v) is 4.83. The van der Waals surface area contributed by atoms with E-state index in [1.54, 1.807) is 13.0 Å². The van der Waals surface area contributed by atoms with Crippen molar-refractivity contribution in [1.82, 2.24) is 0 Å². The van der Waals surface area contributed by atoms with Gasteiger partial charge in [0.25, 0.3) is 0 Å². The largest absolute Gasteiger partial charge is 0.385 e. The lowest BCUT2D eigenvalue weighted by Crippen LogP contribution is -2.24. The Balaban J connectivity index is 3.08. The van der Waals surface area contributed by atoms with Crippen molar-refractivity contribution in [2.75, 3.05) is 0 Å². The molecule has 1 rings (SSSR count). The van der Waals surface area contributed by atoms with E-state index < -0.39 is 5.60 Å². The van der Waals surface area contributed by atoms with E-state index in [-0.39, 0.29) is 5.82 Å². The van der Waals surface area contributed by atoms with Crippen molar-refractivity contribution < 1.29 is 9.50 Å². The highest BCUT2D eigenvalue weighted by Crippen LogP contribution is 2.30. The standard InChI is InChI=1S/C13H19FO/c1-9(2)8-13(4,15)12-7-11(14)6-5-10(12)3/h5-7,9,15H,8H2,1-4H3. The number of rotatable bonds is 3. The highest BCUT2D eigenvalue weighted by molar-refractivity contribution is 5.31. The van der Waals surface area contributed by atoms with Crippen LogP contribution in [0.5, 0.6) is 0 Å². The SMILES string of the molecule is Cc1ccc(F)cc1C(C)(O)CC(C)C. The summed E-state index contributed by atoms with van der Waals surface area (Å²) in [5, 5.41) is 10.3. The molecule has 0 amide bonds. The average molecular weight is 210 g/mol. The molecule has 0 aromatic heterocycles. The summed E-state index contributed by atoms with van der Waals surface area (Å²) < 4.78 is 13.1. The zero-order chi connectivity index (χ0) is 11.6. The zero-order valence-electron chi connectivity index (χ0n) is 9.84. The van der Waals surface area contributed by atoms with Crippen LogP contribution in [-0.2, 0) is 5.60 Å². The minimum atomic E-state index is -0.944. The van der Waals surface area contributed by atoms with Crippen LogP contribution < -0.4 is 0 Å². The third-order valence-electron chi connectivity index (χ3n) is 2.59. The lowest BCUT2D eigenvalue weighted by molar-refractivity contribution is 0.0340. The van der Waals surface area contributed by atoms with E-state index >= 15 is 0 Å². The van der Waals surface area contributed by atoms with Gasteiger partial charge in [-0.25, -0.2) is 4.39 Å². The maximum atomic E-state index is 13.1. The predicted octanol–water partition coefficient (Wildman–Crippen LogP) is 3.39. The summed E-state index contributed by atoms with van der Waals surface area (Å²) in [7, 11) is 0. The maximum Gasteiger partial charge on any atom is 0.123 e. The molecule has 15 heavy (non-hydrogen) atoms. The van der Waals surface area contributed by atoms with Crippen molar-refractivity contribution in [3.8, 4) is 0 Å². The molecule has 0 fully saturated rings. The van der Waals surface area contributed by atoms with Gasteiger partial charge in [0.15, 0.2) is 0 Å². The van der Waals surface area contributed by atoms with Gasteiger partial charge in [0.2, 0.25) is 0 Å². The van der Waals surface area contributed by atoms with Gasteiger partial charge in [-0.1, -0.05) is 19.9 Å². The Bertz CT molecular complexity index is 342. The summed E-state index contributed by atoms with van der Waals surface area (Å²) in [5.74, 6) is 0.0855. The van der Waals surface area contributed by atoms with Gasteiger partial charge in [-0.3, -0.25) is 0 Å². The Labute approximate surface area is 90.9 Å². The van der Waals surface area contributed by atoms with Crippen LogP contribution in [0.1, 0.15) is 38.3 Å². The molecule has 1 atom stereocenters.